The molecule has 2 rings (SSSR count). The van der Waals surface area contributed by atoms with Gasteiger partial charge in [-0.15, -0.1) is 0 Å². The van der Waals surface area contributed by atoms with Gasteiger partial charge >= 0.3 is 0 Å². The quantitative estimate of drug-likeness (QED) is 0.913. The zero-order valence-corrected chi connectivity index (χ0v) is 12.4. The number of oxazole rings is 1. The topological polar surface area (TPSA) is 55.1 Å². The fourth-order valence-electron chi connectivity index (χ4n) is 1.97. The number of nitrogens with one attached hydrogen (secondary N) is 1. The third-order valence-electron chi connectivity index (χ3n) is 2.99. The van der Waals surface area contributed by atoms with Crippen molar-refractivity contribution in [3.63, 3.8) is 0 Å². The Morgan fingerprint density at radius 1 is 1.29 bits per heavy atom. The molecule has 1 heterocycles. The number of rotatable bonds is 5. The summed E-state index contributed by atoms with van der Waals surface area (Å²) < 4.78 is 18.5. The minimum Gasteiger partial charge on any atom is -0.438 e. The summed E-state index contributed by atoms with van der Waals surface area (Å²) in [5.41, 5.74) is 0.746. The van der Waals surface area contributed by atoms with Crippen molar-refractivity contribution >= 4 is 5.91 Å². The molecular weight excluding hydrogens is 271 g/mol. The van der Waals surface area contributed by atoms with Crippen LogP contribution in [0.5, 0.6) is 0 Å². The molecular formula is C16H19FN2O2. The summed E-state index contributed by atoms with van der Waals surface area (Å²) in [7, 11) is 0. The van der Waals surface area contributed by atoms with Crippen LogP contribution >= 0.6 is 0 Å². The molecule has 0 aliphatic carbocycles. The molecule has 1 unspecified atom stereocenters. The second kappa shape index (κ2) is 6.52. The predicted molar refractivity (Wildman–Crippen MR) is 77.9 cm³/mol. The van der Waals surface area contributed by atoms with E-state index in [-0.39, 0.29) is 17.8 Å². The summed E-state index contributed by atoms with van der Waals surface area (Å²) in [5.74, 6) is 0.963. The van der Waals surface area contributed by atoms with E-state index in [9.17, 15) is 9.18 Å². The summed E-state index contributed by atoms with van der Waals surface area (Å²) in [6, 6.07) is 5.69. The van der Waals surface area contributed by atoms with E-state index in [1.807, 2.05) is 20.8 Å². The Labute approximate surface area is 123 Å². The number of carbonyl (C=O) groups excluding carboxylic acids is 1. The molecule has 1 N–H and O–H groups in total. The Balaban J connectivity index is 2.05. The maximum absolute atomic E-state index is 12.9. The lowest BCUT2D eigenvalue weighted by Gasteiger charge is -2.11. The summed E-state index contributed by atoms with van der Waals surface area (Å²) >= 11 is 0. The highest BCUT2D eigenvalue weighted by Crippen LogP contribution is 2.23. The molecule has 0 spiro atoms. The minimum absolute atomic E-state index is 0.0287. The van der Waals surface area contributed by atoms with Gasteiger partial charge in [0.15, 0.2) is 5.76 Å². The van der Waals surface area contributed by atoms with Crippen molar-refractivity contribution in [3.05, 3.63) is 42.2 Å². The molecule has 0 aliphatic rings. The van der Waals surface area contributed by atoms with Gasteiger partial charge in [0.25, 0.3) is 0 Å². The highest BCUT2D eigenvalue weighted by molar-refractivity contribution is 5.76. The first-order valence-electron chi connectivity index (χ1n) is 6.96. The smallest absolute Gasteiger partial charge is 0.220 e. The van der Waals surface area contributed by atoms with Crippen LogP contribution in [-0.4, -0.2) is 10.9 Å². The Bertz CT molecular complexity index is 605. The second-order valence-electron chi connectivity index (χ2n) is 5.46. The van der Waals surface area contributed by atoms with E-state index in [1.54, 1.807) is 18.3 Å². The number of hydrogen-bond donors (Lipinski definition) is 1. The number of benzene rings is 1. The average Bonchev–Trinajstić information content (AvgIpc) is 2.88. The van der Waals surface area contributed by atoms with E-state index in [4.69, 9.17) is 4.42 Å². The van der Waals surface area contributed by atoms with Crippen LogP contribution in [0, 0.1) is 11.7 Å². The molecule has 2 aromatic rings. The predicted octanol–water partition coefficient (Wildman–Crippen LogP) is 3.70. The average molecular weight is 290 g/mol. The first kappa shape index (κ1) is 15.2. The first-order chi connectivity index (χ1) is 9.95. The molecule has 0 fully saturated rings. The molecule has 1 aromatic carbocycles. The molecule has 5 heteroatoms. The molecule has 21 heavy (non-hydrogen) atoms. The molecule has 4 nitrogen and oxygen atoms in total. The lowest BCUT2D eigenvalue weighted by atomic mass is 10.1. The Hall–Kier alpha value is -2.17. The Morgan fingerprint density at radius 3 is 2.57 bits per heavy atom. The van der Waals surface area contributed by atoms with E-state index in [1.165, 1.54) is 12.1 Å². The monoisotopic (exact) mass is 290 g/mol. The summed E-state index contributed by atoms with van der Waals surface area (Å²) in [5, 5.41) is 2.85. The van der Waals surface area contributed by atoms with Crippen molar-refractivity contribution in [3.8, 4) is 11.3 Å². The highest BCUT2D eigenvalue weighted by Gasteiger charge is 2.16. The molecule has 1 atom stereocenters. The summed E-state index contributed by atoms with van der Waals surface area (Å²) in [6.45, 7) is 5.79. The standard InChI is InChI=1S/C16H19FN2O2/c1-10(2)8-15(20)19-11(3)16-18-9-14(21-16)12-4-6-13(17)7-5-12/h4-7,9-11H,8H2,1-3H3,(H,19,20). The zero-order valence-electron chi connectivity index (χ0n) is 12.4. The molecule has 1 aromatic heterocycles. The number of aromatic nitrogens is 1. The van der Waals surface area contributed by atoms with Crippen molar-refractivity contribution in [1.29, 1.82) is 0 Å². The van der Waals surface area contributed by atoms with Crippen molar-refractivity contribution in [2.24, 2.45) is 5.92 Å². The number of hydrogen-bond acceptors (Lipinski definition) is 3. The van der Waals surface area contributed by atoms with Gasteiger partial charge in [0, 0.05) is 12.0 Å². The third-order valence-corrected chi connectivity index (χ3v) is 2.99. The van der Waals surface area contributed by atoms with E-state index in [0.717, 1.165) is 5.56 Å². The molecule has 0 saturated heterocycles. The highest BCUT2D eigenvalue weighted by atomic mass is 19.1. The van der Waals surface area contributed by atoms with Gasteiger partial charge in [0.05, 0.1) is 6.20 Å². The largest absolute Gasteiger partial charge is 0.438 e. The number of amides is 1. The Kier molecular flexibility index (Phi) is 4.73. The van der Waals surface area contributed by atoms with E-state index < -0.39 is 0 Å². The SMILES string of the molecule is CC(C)CC(=O)NC(C)c1ncc(-c2ccc(F)cc2)o1. The number of carbonyl (C=O) groups is 1. The molecule has 0 aliphatic heterocycles. The van der Waals surface area contributed by atoms with Crippen molar-refractivity contribution in [2.45, 2.75) is 33.2 Å². The normalized spacial score (nSPS) is 12.4. The van der Waals surface area contributed by atoms with Gasteiger partial charge in [-0.2, -0.15) is 0 Å². The fourth-order valence-corrected chi connectivity index (χ4v) is 1.97. The summed E-state index contributed by atoms with van der Waals surface area (Å²) in [6.07, 6.45) is 2.05. The Morgan fingerprint density at radius 2 is 1.95 bits per heavy atom. The molecule has 0 bridgehead atoms. The van der Waals surface area contributed by atoms with Gasteiger partial charge in [-0.3, -0.25) is 4.79 Å². The van der Waals surface area contributed by atoms with Gasteiger partial charge < -0.3 is 9.73 Å². The summed E-state index contributed by atoms with van der Waals surface area (Å²) in [4.78, 5) is 15.9. The van der Waals surface area contributed by atoms with Crippen molar-refractivity contribution in [2.75, 3.05) is 0 Å². The molecule has 0 saturated carbocycles. The molecule has 1 amide bonds. The van der Waals surface area contributed by atoms with Gasteiger partial charge in [-0.05, 0) is 37.1 Å². The van der Waals surface area contributed by atoms with Gasteiger partial charge in [0.2, 0.25) is 11.8 Å². The zero-order chi connectivity index (χ0) is 15.4. The first-order valence-corrected chi connectivity index (χ1v) is 6.96. The van der Waals surface area contributed by atoms with Crippen LogP contribution in [0.2, 0.25) is 0 Å². The van der Waals surface area contributed by atoms with Crippen LogP contribution in [0.15, 0.2) is 34.9 Å². The van der Waals surface area contributed by atoms with Crippen molar-refractivity contribution in [1.82, 2.24) is 10.3 Å². The van der Waals surface area contributed by atoms with Gasteiger partial charge in [-0.25, -0.2) is 9.37 Å². The van der Waals surface area contributed by atoms with E-state index >= 15 is 0 Å². The maximum atomic E-state index is 12.9. The van der Waals surface area contributed by atoms with E-state index in [2.05, 4.69) is 10.3 Å². The lowest BCUT2D eigenvalue weighted by molar-refractivity contribution is -0.122. The van der Waals surface area contributed by atoms with Crippen LogP contribution in [0.3, 0.4) is 0 Å². The molecule has 0 radical (unpaired) electrons. The van der Waals surface area contributed by atoms with Crippen LogP contribution in [-0.2, 0) is 4.79 Å². The second-order valence-corrected chi connectivity index (χ2v) is 5.46. The van der Waals surface area contributed by atoms with Crippen LogP contribution in [0.25, 0.3) is 11.3 Å². The van der Waals surface area contributed by atoms with E-state index in [0.29, 0.717) is 24.0 Å². The van der Waals surface area contributed by atoms with Gasteiger partial charge in [0.1, 0.15) is 11.9 Å². The molecule has 112 valence electrons. The van der Waals surface area contributed by atoms with Gasteiger partial charge in [-0.1, -0.05) is 13.8 Å². The van der Waals surface area contributed by atoms with Crippen LogP contribution < -0.4 is 5.32 Å². The third kappa shape index (κ3) is 4.15. The van der Waals surface area contributed by atoms with Crippen molar-refractivity contribution < 1.29 is 13.6 Å². The minimum atomic E-state index is -0.301. The maximum Gasteiger partial charge on any atom is 0.220 e. The van der Waals surface area contributed by atoms with Crippen LogP contribution in [0.1, 0.15) is 39.1 Å². The van der Waals surface area contributed by atoms with Crippen LogP contribution in [0.4, 0.5) is 4.39 Å². The number of halogens is 1. The lowest BCUT2D eigenvalue weighted by Crippen LogP contribution is -2.27. The fraction of sp³-hybridized carbons (Fsp3) is 0.375. The number of nitrogens with zero attached hydrogens (tertiary/aromatic N) is 1.